The highest BCUT2D eigenvalue weighted by molar-refractivity contribution is 5.79. The van der Waals surface area contributed by atoms with Gasteiger partial charge in [-0.1, -0.05) is 6.92 Å². The van der Waals surface area contributed by atoms with Gasteiger partial charge in [0.1, 0.15) is 5.76 Å². The maximum Gasteiger partial charge on any atom is 0.191 e. The third kappa shape index (κ3) is 5.75. The largest absolute Gasteiger partial charge is 0.469 e. The number of nitrogens with one attached hydrogen (secondary N) is 2. The van der Waals surface area contributed by atoms with E-state index < -0.39 is 0 Å². The molecule has 0 spiro atoms. The maximum absolute atomic E-state index is 5.71. The Balaban J connectivity index is 1.49. The fourth-order valence-corrected chi connectivity index (χ4v) is 3.66. The lowest BCUT2D eigenvalue weighted by molar-refractivity contribution is 0.113. The first kappa shape index (κ1) is 18.3. The quantitative estimate of drug-likeness (QED) is 0.556. The predicted octanol–water partition coefficient (Wildman–Crippen LogP) is 2.02. The van der Waals surface area contributed by atoms with Gasteiger partial charge in [0.05, 0.1) is 18.9 Å². The Morgan fingerprint density at radius 2 is 2.28 bits per heavy atom. The van der Waals surface area contributed by atoms with Crippen molar-refractivity contribution in [3.8, 4) is 0 Å². The van der Waals surface area contributed by atoms with Gasteiger partial charge in [0, 0.05) is 32.2 Å². The molecule has 0 bridgehead atoms. The molecule has 3 rings (SSSR count). The molecule has 0 saturated carbocycles. The molecule has 2 aliphatic rings. The van der Waals surface area contributed by atoms with Gasteiger partial charge in [0.15, 0.2) is 5.96 Å². The van der Waals surface area contributed by atoms with Crippen LogP contribution in [0.4, 0.5) is 0 Å². The highest BCUT2D eigenvalue weighted by atomic mass is 16.5. The SMILES string of the molecule is CCN1CCCC1CN=C(NCCc1ccco1)NCC1CCCO1. The van der Waals surface area contributed by atoms with Gasteiger partial charge in [-0.3, -0.25) is 9.89 Å². The third-order valence-corrected chi connectivity index (χ3v) is 5.13. The van der Waals surface area contributed by atoms with E-state index >= 15 is 0 Å². The van der Waals surface area contributed by atoms with Crippen LogP contribution in [0.1, 0.15) is 38.4 Å². The molecule has 2 aliphatic heterocycles. The van der Waals surface area contributed by atoms with Crippen LogP contribution in [0.2, 0.25) is 0 Å². The molecule has 6 heteroatoms. The Bertz CT molecular complexity index is 512. The van der Waals surface area contributed by atoms with Crippen LogP contribution in [-0.2, 0) is 11.2 Å². The molecule has 0 aromatic carbocycles. The topological polar surface area (TPSA) is 62.0 Å². The zero-order valence-corrected chi connectivity index (χ0v) is 15.4. The predicted molar refractivity (Wildman–Crippen MR) is 100.0 cm³/mol. The van der Waals surface area contributed by atoms with Gasteiger partial charge in [0.25, 0.3) is 0 Å². The number of guanidine groups is 1. The molecule has 2 saturated heterocycles. The van der Waals surface area contributed by atoms with Crippen LogP contribution in [0, 0.1) is 0 Å². The summed E-state index contributed by atoms with van der Waals surface area (Å²) >= 11 is 0. The van der Waals surface area contributed by atoms with E-state index in [0.717, 1.165) is 63.8 Å². The molecule has 2 fully saturated rings. The fourth-order valence-electron chi connectivity index (χ4n) is 3.66. The molecule has 0 aliphatic carbocycles. The van der Waals surface area contributed by atoms with Crippen molar-refractivity contribution in [1.82, 2.24) is 15.5 Å². The van der Waals surface area contributed by atoms with E-state index in [1.54, 1.807) is 6.26 Å². The molecule has 0 radical (unpaired) electrons. The lowest BCUT2D eigenvalue weighted by atomic mass is 10.2. The van der Waals surface area contributed by atoms with Crippen LogP contribution >= 0.6 is 0 Å². The van der Waals surface area contributed by atoms with Crippen molar-refractivity contribution in [2.75, 3.05) is 39.3 Å². The summed E-state index contributed by atoms with van der Waals surface area (Å²) in [5.74, 6) is 1.89. The monoisotopic (exact) mass is 348 g/mol. The minimum absolute atomic E-state index is 0.315. The van der Waals surface area contributed by atoms with E-state index in [9.17, 15) is 0 Å². The fraction of sp³-hybridized carbons (Fsp3) is 0.737. The second kappa shape index (κ2) is 9.82. The summed E-state index contributed by atoms with van der Waals surface area (Å²) in [5, 5.41) is 6.91. The summed E-state index contributed by atoms with van der Waals surface area (Å²) in [6.45, 7) is 7.95. The molecule has 2 N–H and O–H groups in total. The number of ether oxygens (including phenoxy) is 1. The summed E-state index contributed by atoms with van der Waals surface area (Å²) in [6.07, 6.45) is 7.74. The lowest BCUT2D eigenvalue weighted by Crippen LogP contribution is -2.43. The Hall–Kier alpha value is -1.53. The molecular weight excluding hydrogens is 316 g/mol. The average molecular weight is 348 g/mol. The summed E-state index contributed by atoms with van der Waals surface area (Å²) < 4.78 is 11.1. The van der Waals surface area contributed by atoms with Crippen LogP contribution in [0.15, 0.2) is 27.8 Å². The number of likely N-dealkylation sites (tertiary alicyclic amines) is 1. The number of rotatable bonds is 8. The molecule has 2 atom stereocenters. The molecule has 3 heterocycles. The molecular formula is C19H32N4O2. The molecule has 1 aromatic rings. The van der Waals surface area contributed by atoms with E-state index in [1.165, 1.54) is 19.4 Å². The van der Waals surface area contributed by atoms with Crippen molar-refractivity contribution in [3.63, 3.8) is 0 Å². The van der Waals surface area contributed by atoms with Gasteiger partial charge in [-0.25, -0.2) is 0 Å². The molecule has 140 valence electrons. The highest BCUT2D eigenvalue weighted by Crippen LogP contribution is 2.16. The number of likely N-dealkylation sites (N-methyl/N-ethyl adjacent to an activating group) is 1. The molecule has 6 nitrogen and oxygen atoms in total. The van der Waals surface area contributed by atoms with Crippen molar-refractivity contribution >= 4 is 5.96 Å². The van der Waals surface area contributed by atoms with E-state index in [4.69, 9.17) is 14.1 Å². The molecule has 0 amide bonds. The number of hydrogen-bond donors (Lipinski definition) is 2. The third-order valence-electron chi connectivity index (χ3n) is 5.13. The zero-order chi connectivity index (χ0) is 17.3. The lowest BCUT2D eigenvalue weighted by Gasteiger charge is -2.22. The van der Waals surface area contributed by atoms with Crippen molar-refractivity contribution in [2.45, 2.75) is 51.2 Å². The van der Waals surface area contributed by atoms with Crippen LogP contribution in [0.5, 0.6) is 0 Å². The van der Waals surface area contributed by atoms with Crippen molar-refractivity contribution in [1.29, 1.82) is 0 Å². The van der Waals surface area contributed by atoms with E-state index in [-0.39, 0.29) is 0 Å². The van der Waals surface area contributed by atoms with E-state index in [2.05, 4.69) is 22.5 Å². The first-order valence-corrected chi connectivity index (χ1v) is 9.75. The van der Waals surface area contributed by atoms with E-state index in [0.29, 0.717) is 12.1 Å². The summed E-state index contributed by atoms with van der Waals surface area (Å²) in [6, 6.07) is 4.52. The van der Waals surface area contributed by atoms with Gasteiger partial charge < -0.3 is 19.8 Å². The average Bonchev–Trinajstić information content (AvgIpc) is 3.39. The van der Waals surface area contributed by atoms with Gasteiger partial charge in [-0.15, -0.1) is 0 Å². The Kier molecular flexibility index (Phi) is 7.18. The Morgan fingerprint density at radius 3 is 3.04 bits per heavy atom. The van der Waals surface area contributed by atoms with Gasteiger partial charge >= 0.3 is 0 Å². The van der Waals surface area contributed by atoms with Crippen molar-refractivity contribution in [2.24, 2.45) is 4.99 Å². The molecule has 1 aromatic heterocycles. The Morgan fingerprint density at radius 1 is 1.32 bits per heavy atom. The molecule has 25 heavy (non-hydrogen) atoms. The smallest absolute Gasteiger partial charge is 0.191 e. The first-order chi connectivity index (χ1) is 12.3. The van der Waals surface area contributed by atoms with Crippen LogP contribution < -0.4 is 10.6 Å². The molecule has 2 unspecified atom stereocenters. The summed E-state index contributed by atoms with van der Waals surface area (Å²) in [5.41, 5.74) is 0. The van der Waals surface area contributed by atoms with Gasteiger partial charge in [-0.2, -0.15) is 0 Å². The minimum Gasteiger partial charge on any atom is -0.469 e. The van der Waals surface area contributed by atoms with Crippen molar-refractivity contribution < 1.29 is 9.15 Å². The number of furan rings is 1. The van der Waals surface area contributed by atoms with Crippen LogP contribution in [0.3, 0.4) is 0 Å². The number of hydrogen-bond acceptors (Lipinski definition) is 4. The van der Waals surface area contributed by atoms with Crippen LogP contribution in [-0.4, -0.2) is 62.3 Å². The van der Waals surface area contributed by atoms with Gasteiger partial charge in [0.2, 0.25) is 0 Å². The second-order valence-corrected chi connectivity index (χ2v) is 6.89. The maximum atomic E-state index is 5.71. The standard InChI is InChI=1S/C19H32N4O2/c1-2-23-11-3-6-16(23)14-21-19(22-15-18-8-5-13-25-18)20-10-9-17-7-4-12-24-17/h4,7,12,16,18H,2-3,5-6,8-11,13-15H2,1H3,(H2,20,21,22). The van der Waals surface area contributed by atoms with Crippen LogP contribution in [0.25, 0.3) is 0 Å². The van der Waals surface area contributed by atoms with E-state index in [1.807, 2.05) is 12.1 Å². The zero-order valence-electron chi connectivity index (χ0n) is 15.4. The normalized spacial score (nSPS) is 24.8. The minimum atomic E-state index is 0.315. The van der Waals surface area contributed by atoms with Gasteiger partial charge in [-0.05, 0) is 50.9 Å². The second-order valence-electron chi connectivity index (χ2n) is 6.89. The Labute approximate surface area is 151 Å². The first-order valence-electron chi connectivity index (χ1n) is 9.75. The summed E-state index contributed by atoms with van der Waals surface area (Å²) in [7, 11) is 0. The highest BCUT2D eigenvalue weighted by Gasteiger charge is 2.22. The number of nitrogens with zero attached hydrogens (tertiary/aromatic N) is 2. The van der Waals surface area contributed by atoms with Crippen molar-refractivity contribution in [3.05, 3.63) is 24.2 Å². The summed E-state index contributed by atoms with van der Waals surface area (Å²) in [4.78, 5) is 7.38. The number of aliphatic imine (C=N–C) groups is 1.